The molecular formula is C19H21N3O3S. The minimum atomic E-state index is -0.473. The molecule has 3 aliphatic rings. The number of carbonyl (C=O) groups excluding carboxylic acids is 2. The maximum absolute atomic E-state index is 12.5. The molecule has 2 aromatic rings. The van der Waals surface area contributed by atoms with Gasteiger partial charge in [0.1, 0.15) is 5.75 Å². The van der Waals surface area contributed by atoms with Gasteiger partial charge in [0.15, 0.2) is 5.06 Å². The minimum Gasteiger partial charge on any atom is -0.447 e. The number of benzene rings is 1. The number of fused-ring (bicyclic) bond motifs is 3. The summed E-state index contributed by atoms with van der Waals surface area (Å²) in [4.78, 5) is 26.7. The predicted molar refractivity (Wildman–Crippen MR) is 99.8 cm³/mol. The highest BCUT2D eigenvalue weighted by molar-refractivity contribution is 7.15. The van der Waals surface area contributed by atoms with E-state index in [0.29, 0.717) is 27.2 Å². The van der Waals surface area contributed by atoms with Gasteiger partial charge in [0.05, 0.1) is 4.88 Å². The van der Waals surface area contributed by atoms with E-state index >= 15 is 0 Å². The van der Waals surface area contributed by atoms with Crippen LogP contribution in [0.25, 0.3) is 0 Å². The molecule has 0 saturated carbocycles. The molecule has 0 spiro atoms. The molecule has 5 rings (SSSR count). The van der Waals surface area contributed by atoms with Crippen LogP contribution in [0.15, 0.2) is 36.4 Å². The van der Waals surface area contributed by atoms with Crippen LogP contribution < -0.4 is 15.8 Å². The topological polar surface area (TPSA) is 84.7 Å². The number of piperidine rings is 3. The Kier molecular flexibility index (Phi) is 4.65. The average molecular weight is 371 g/mol. The largest absolute Gasteiger partial charge is 0.447 e. The van der Waals surface area contributed by atoms with Crippen LogP contribution in [0.2, 0.25) is 0 Å². The number of primary amides is 1. The number of nitrogens with one attached hydrogen (secondary N) is 1. The first-order valence-electron chi connectivity index (χ1n) is 8.79. The van der Waals surface area contributed by atoms with Crippen LogP contribution in [0.5, 0.6) is 10.8 Å². The van der Waals surface area contributed by atoms with Crippen LogP contribution in [0, 0.1) is 5.92 Å². The zero-order valence-corrected chi connectivity index (χ0v) is 15.1. The number of hydrogen-bond donors (Lipinski definition) is 2. The van der Waals surface area contributed by atoms with Crippen LogP contribution in [-0.2, 0) is 0 Å². The number of hydrogen-bond acceptors (Lipinski definition) is 5. The van der Waals surface area contributed by atoms with E-state index in [1.165, 1.54) is 24.2 Å². The molecule has 7 heteroatoms. The Bertz CT molecular complexity index is 810. The minimum absolute atomic E-state index is 0.0346. The van der Waals surface area contributed by atoms with Crippen molar-refractivity contribution >= 4 is 23.2 Å². The molecule has 0 aliphatic carbocycles. The molecule has 136 valence electrons. The fourth-order valence-corrected chi connectivity index (χ4v) is 4.45. The predicted octanol–water partition coefficient (Wildman–Crippen LogP) is 2.46. The van der Waals surface area contributed by atoms with E-state index in [1.54, 1.807) is 36.4 Å². The molecule has 2 bridgehead atoms. The van der Waals surface area contributed by atoms with E-state index in [4.69, 9.17) is 10.5 Å². The second-order valence-corrected chi connectivity index (χ2v) is 7.87. The molecular weight excluding hydrogens is 350 g/mol. The summed E-state index contributed by atoms with van der Waals surface area (Å²) < 4.78 is 5.76. The summed E-state index contributed by atoms with van der Waals surface area (Å²) in [6.07, 6.45) is 2.34. The molecule has 3 saturated heterocycles. The van der Waals surface area contributed by atoms with Gasteiger partial charge in [-0.05, 0) is 68.2 Å². The van der Waals surface area contributed by atoms with Gasteiger partial charge >= 0.3 is 0 Å². The Balaban J connectivity index is 1.38. The molecule has 3 N–H and O–H groups in total. The summed E-state index contributed by atoms with van der Waals surface area (Å²) in [7, 11) is 0. The van der Waals surface area contributed by atoms with Crippen molar-refractivity contribution in [3.63, 3.8) is 0 Å². The average Bonchev–Trinajstić information content (AvgIpc) is 3.12. The quantitative estimate of drug-likeness (QED) is 0.846. The summed E-state index contributed by atoms with van der Waals surface area (Å²) >= 11 is 1.32. The fraction of sp³-hybridized carbons (Fsp3) is 0.368. The highest BCUT2D eigenvalue weighted by Gasteiger charge is 2.35. The van der Waals surface area contributed by atoms with Gasteiger partial charge in [-0.1, -0.05) is 11.3 Å². The lowest BCUT2D eigenvalue weighted by Gasteiger charge is -2.44. The molecule has 6 nitrogen and oxygen atoms in total. The van der Waals surface area contributed by atoms with Crippen molar-refractivity contribution in [3.05, 3.63) is 46.8 Å². The van der Waals surface area contributed by atoms with E-state index in [-0.39, 0.29) is 11.9 Å². The standard InChI is InChI=1S/C19H21N3O3S/c20-18(23)13-1-3-14(4-2-13)25-17-6-5-16(26-17)19(24)21-15-11-22-9-7-12(15)8-10-22/h1-6,12,15H,7-11H2,(H2,20,23)(H,21,24). The fourth-order valence-electron chi connectivity index (χ4n) is 3.67. The van der Waals surface area contributed by atoms with Crippen molar-refractivity contribution in [2.45, 2.75) is 18.9 Å². The van der Waals surface area contributed by atoms with Gasteiger partial charge in [0, 0.05) is 18.2 Å². The summed E-state index contributed by atoms with van der Waals surface area (Å²) in [5.74, 6) is 0.691. The van der Waals surface area contributed by atoms with Crippen LogP contribution >= 0.6 is 11.3 Å². The molecule has 26 heavy (non-hydrogen) atoms. The molecule has 3 fully saturated rings. The zero-order valence-electron chi connectivity index (χ0n) is 14.3. The summed E-state index contributed by atoms with van der Waals surface area (Å²) in [5, 5.41) is 3.82. The lowest BCUT2D eigenvalue weighted by atomic mass is 9.84. The van der Waals surface area contributed by atoms with Gasteiger partial charge in [-0.2, -0.15) is 0 Å². The summed E-state index contributed by atoms with van der Waals surface area (Å²) in [5.41, 5.74) is 5.66. The smallest absolute Gasteiger partial charge is 0.261 e. The third kappa shape index (κ3) is 3.59. The Morgan fingerprint density at radius 2 is 1.85 bits per heavy atom. The van der Waals surface area contributed by atoms with Crippen LogP contribution in [0.4, 0.5) is 0 Å². The number of amides is 2. The Morgan fingerprint density at radius 1 is 1.12 bits per heavy atom. The van der Waals surface area contributed by atoms with Gasteiger partial charge in [-0.15, -0.1) is 0 Å². The van der Waals surface area contributed by atoms with E-state index in [1.807, 2.05) is 0 Å². The first-order valence-corrected chi connectivity index (χ1v) is 9.61. The van der Waals surface area contributed by atoms with E-state index < -0.39 is 5.91 Å². The number of thiophene rings is 1. The Hall–Kier alpha value is -2.38. The maximum Gasteiger partial charge on any atom is 0.261 e. The first kappa shape index (κ1) is 17.1. The van der Waals surface area contributed by atoms with Gasteiger partial charge < -0.3 is 20.7 Å². The molecule has 0 radical (unpaired) electrons. The number of carbonyl (C=O) groups is 2. The second kappa shape index (κ2) is 7.09. The molecule has 1 unspecified atom stereocenters. The SMILES string of the molecule is NC(=O)c1ccc(Oc2ccc(C(=O)NC3CN4CCC3CC4)s2)cc1. The third-order valence-electron chi connectivity index (χ3n) is 5.14. The van der Waals surface area contributed by atoms with Crippen molar-refractivity contribution in [1.82, 2.24) is 10.2 Å². The van der Waals surface area contributed by atoms with Gasteiger partial charge in [-0.3, -0.25) is 9.59 Å². The maximum atomic E-state index is 12.5. The third-order valence-corrected chi connectivity index (χ3v) is 6.10. The molecule has 1 aromatic carbocycles. The summed E-state index contributed by atoms with van der Waals surface area (Å²) in [6.45, 7) is 3.27. The van der Waals surface area contributed by atoms with E-state index in [0.717, 1.165) is 19.6 Å². The van der Waals surface area contributed by atoms with E-state index in [2.05, 4.69) is 10.2 Å². The number of rotatable bonds is 5. The van der Waals surface area contributed by atoms with Crippen molar-refractivity contribution in [3.8, 4) is 10.8 Å². The second-order valence-electron chi connectivity index (χ2n) is 6.83. The van der Waals surface area contributed by atoms with Crippen molar-refractivity contribution < 1.29 is 14.3 Å². The first-order chi connectivity index (χ1) is 12.6. The van der Waals surface area contributed by atoms with Crippen molar-refractivity contribution in [2.75, 3.05) is 19.6 Å². The van der Waals surface area contributed by atoms with Gasteiger partial charge in [0.2, 0.25) is 5.91 Å². The molecule has 2 amide bonds. The normalized spacial score (nSPS) is 24.2. The van der Waals surface area contributed by atoms with Crippen molar-refractivity contribution in [1.29, 1.82) is 0 Å². The zero-order chi connectivity index (χ0) is 18.1. The molecule has 3 aliphatic heterocycles. The van der Waals surface area contributed by atoms with Crippen LogP contribution in [0.1, 0.15) is 32.9 Å². The monoisotopic (exact) mass is 371 g/mol. The van der Waals surface area contributed by atoms with Crippen LogP contribution in [0.3, 0.4) is 0 Å². The highest BCUT2D eigenvalue weighted by Crippen LogP contribution is 2.31. The molecule has 1 aromatic heterocycles. The number of nitrogens with two attached hydrogens (primary N) is 1. The van der Waals surface area contributed by atoms with Crippen LogP contribution in [-0.4, -0.2) is 42.4 Å². The lowest BCUT2D eigenvalue weighted by Crippen LogP contribution is -2.57. The Morgan fingerprint density at radius 3 is 2.46 bits per heavy atom. The molecule has 1 atom stereocenters. The van der Waals surface area contributed by atoms with Gasteiger partial charge in [-0.25, -0.2) is 0 Å². The number of ether oxygens (including phenoxy) is 1. The highest BCUT2D eigenvalue weighted by atomic mass is 32.1. The van der Waals surface area contributed by atoms with E-state index in [9.17, 15) is 9.59 Å². The number of nitrogens with zero attached hydrogens (tertiary/aromatic N) is 1. The lowest BCUT2D eigenvalue weighted by molar-refractivity contribution is 0.0622. The van der Waals surface area contributed by atoms with Crippen molar-refractivity contribution in [2.24, 2.45) is 11.7 Å². The van der Waals surface area contributed by atoms with Gasteiger partial charge in [0.25, 0.3) is 5.91 Å². The Labute approximate surface area is 155 Å². The molecule has 4 heterocycles. The summed E-state index contributed by atoms with van der Waals surface area (Å²) in [6, 6.07) is 10.4.